The first-order valence-corrected chi connectivity index (χ1v) is 31.3. The molecule has 0 spiro atoms. The maximum absolute atomic E-state index is 12.4. The number of rotatable bonds is 18. The van der Waals surface area contributed by atoms with Crippen LogP contribution in [0.1, 0.15) is 95.0 Å². The number of hydrogen-bond acceptors (Lipinski definition) is 15. The van der Waals surface area contributed by atoms with E-state index < -0.39 is 30.5 Å². The molecule has 20 heteroatoms. The summed E-state index contributed by atoms with van der Waals surface area (Å²) in [6, 6.07) is 47.6. The van der Waals surface area contributed by atoms with Crippen molar-refractivity contribution in [2.75, 3.05) is 33.0 Å². The highest BCUT2D eigenvalue weighted by atomic mass is 16.6. The molecule has 5 atom stereocenters. The van der Waals surface area contributed by atoms with E-state index in [1.54, 1.807) is 31.2 Å². The van der Waals surface area contributed by atoms with Gasteiger partial charge in [0.05, 0.1) is 30.2 Å². The highest BCUT2D eigenvalue weighted by Gasteiger charge is 2.41. The average Bonchev–Trinajstić information content (AvgIpc) is 1.78. The van der Waals surface area contributed by atoms with Gasteiger partial charge in [-0.25, -0.2) is 48.5 Å². The Hall–Kier alpha value is -10.2. The Morgan fingerprint density at radius 3 is 1.04 bits per heavy atom. The van der Waals surface area contributed by atoms with E-state index >= 15 is 0 Å². The summed E-state index contributed by atoms with van der Waals surface area (Å²) in [6.45, 7) is 12.8. The van der Waals surface area contributed by atoms with Crippen LogP contribution < -0.4 is 0 Å². The van der Waals surface area contributed by atoms with Gasteiger partial charge in [-0.2, -0.15) is 0 Å². The molecule has 0 saturated carbocycles. The molecule has 5 aromatic carbocycles. The first-order chi connectivity index (χ1) is 45.0. The van der Waals surface area contributed by atoms with Crippen LogP contribution in [0.5, 0.6) is 0 Å². The van der Waals surface area contributed by atoms with Crippen LogP contribution in [-0.4, -0.2) is 148 Å². The monoisotopic (exact) mass is 1270 g/mol. The van der Waals surface area contributed by atoms with E-state index in [0.29, 0.717) is 45.3 Å². The minimum absolute atomic E-state index is 0.133. The third-order valence-electron chi connectivity index (χ3n) is 15.0. The molecule has 5 heterocycles. The molecule has 0 aromatic heterocycles. The van der Waals surface area contributed by atoms with Crippen LogP contribution in [0.15, 0.2) is 194 Å². The second kappa shape index (κ2) is 37.8. The molecule has 5 aromatic rings. The number of allylic oxidation sites excluding steroid dienone is 3. The third kappa shape index (κ3) is 22.0. The van der Waals surface area contributed by atoms with Gasteiger partial charge in [-0.3, -0.25) is 24.0 Å². The van der Waals surface area contributed by atoms with E-state index in [2.05, 4.69) is 0 Å². The Labute approximate surface area is 544 Å². The predicted molar refractivity (Wildman–Crippen MR) is 349 cm³/mol. The number of amides is 10. The van der Waals surface area contributed by atoms with Crippen molar-refractivity contribution in [1.82, 2.24) is 24.5 Å². The quantitative estimate of drug-likeness (QED) is 0.0586. The van der Waals surface area contributed by atoms with E-state index in [1.807, 2.05) is 186 Å². The van der Waals surface area contributed by atoms with Gasteiger partial charge in [0, 0.05) is 12.5 Å². The molecule has 10 rings (SSSR count). The standard InChI is InChI=1S/C19H17NO3.2C15H17NO3.C14H17NO3.C10H15NO3/c21-18(12-11-15-7-3-1-4-8-15)20-17(14-23-19(20)22)13-16-9-5-2-6-10-16;2*1-2-3-9-14(17)16-13(11-19-15(16)18)10-12-7-5-4-6-8-12;1-2-6-13(16)15-12(10-18-14(15)17)9-11-7-4-3-5-8-11;1-4-5-9(12)11-8(7(2)3)6-14-10(11)13/h1-12,17H,13-14H2;2*3-9,13H,2,10-11H2,1H3;3-5,7-8,12H,2,6,9-10H2,1H3;4-5,7-8H,6H2,1-3H3/b12-11+;2*9-3+;;5-4+/t17-;2*13-;12-;8-/m01001/s1. The molecule has 5 saturated heterocycles. The summed E-state index contributed by atoms with van der Waals surface area (Å²) >= 11 is 0. The van der Waals surface area contributed by atoms with E-state index in [4.69, 9.17) is 23.7 Å². The smallest absolute Gasteiger partial charge is 0.417 e. The maximum atomic E-state index is 12.4. The number of carbonyl (C=O) groups excluding carboxylic acids is 10. The number of cyclic esters (lactones) is 5. The summed E-state index contributed by atoms with van der Waals surface area (Å²) in [6.07, 6.45) is 14.9. The fourth-order valence-electron chi connectivity index (χ4n) is 10.3. The van der Waals surface area contributed by atoms with Crippen LogP contribution in [0.2, 0.25) is 0 Å². The van der Waals surface area contributed by atoms with Crippen molar-refractivity contribution in [3.05, 3.63) is 222 Å². The Morgan fingerprint density at radius 1 is 0.409 bits per heavy atom. The number of carbonyl (C=O) groups is 10. The van der Waals surface area contributed by atoms with E-state index in [1.165, 1.54) is 48.8 Å². The first-order valence-electron chi connectivity index (χ1n) is 31.3. The summed E-state index contributed by atoms with van der Waals surface area (Å²) in [5.41, 5.74) is 5.26. The van der Waals surface area contributed by atoms with Gasteiger partial charge in [-0.1, -0.05) is 205 Å². The minimum atomic E-state index is -0.575. The van der Waals surface area contributed by atoms with Crippen molar-refractivity contribution in [3.63, 3.8) is 0 Å². The molecular formula is C73H83N5O15. The fraction of sp³-hybridized carbons (Fsp3) is 0.342. The summed E-state index contributed by atoms with van der Waals surface area (Å²) in [4.78, 5) is 124. The first kappa shape index (κ1) is 71.8. The van der Waals surface area contributed by atoms with Gasteiger partial charge in [0.25, 0.3) is 23.6 Å². The number of hydrogen-bond donors (Lipinski definition) is 0. The molecule has 5 fully saturated rings. The molecule has 20 nitrogen and oxygen atoms in total. The van der Waals surface area contributed by atoms with Crippen molar-refractivity contribution in [2.24, 2.45) is 5.92 Å². The van der Waals surface area contributed by atoms with Crippen LogP contribution in [0.25, 0.3) is 6.08 Å². The Balaban J connectivity index is 0.000000186. The van der Waals surface area contributed by atoms with Gasteiger partial charge in [0.15, 0.2) is 0 Å². The molecule has 93 heavy (non-hydrogen) atoms. The molecule has 0 bridgehead atoms. The Bertz CT molecular complexity index is 3310. The molecule has 10 amide bonds. The molecule has 5 aliphatic heterocycles. The minimum Gasteiger partial charge on any atom is -0.447 e. The topological polar surface area (TPSA) is 233 Å². The van der Waals surface area contributed by atoms with Gasteiger partial charge >= 0.3 is 30.5 Å². The van der Waals surface area contributed by atoms with Gasteiger partial charge in [-0.05, 0) is 110 Å². The summed E-state index contributed by atoms with van der Waals surface area (Å²) < 4.78 is 24.8. The van der Waals surface area contributed by atoms with Gasteiger partial charge in [0.1, 0.15) is 33.0 Å². The Kier molecular flexibility index (Phi) is 29.2. The molecule has 0 aliphatic carbocycles. The second-order valence-electron chi connectivity index (χ2n) is 22.3. The van der Waals surface area contributed by atoms with Gasteiger partial charge in [0.2, 0.25) is 5.91 Å². The third-order valence-corrected chi connectivity index (χ3v) is 15.0. The van der Waals surface area contributed by atoms with Gasteiger partial charge in [-0.15, -0.1) is 0 Å². The molecular weight excluding hydrogens is 1190 g/mol. The zero-order valence-electron chi connectivity index (χ0n) is 53.6. The molecule has 0 N–H and O–H groups in total. The summed E-state index contributed by atoms with van der Waals surface area (Å²) in [5, 5.41) is 0. The highest BCUT2D eigenvalue weighted by Crippen LogP contribution is 2.24. The predicted octanol–water partition coefficient (Wildman–Crippen LogP) is 12.3. The number of imide groups is 5. The van der Waals surface area contributed by atoms with Gasteiger partial charge < -0.3 is 23.7 Å². The summed E-state index contributed by atoms with van der Waals surface area (Å²) in [7, 11) is 0. The lowest BCUT2D eigenvalue weighted by atomic mass is 10.0. The van der Waals surface area contributed by atoms with Crippen molar-refractivity contribution in [1.29, 1.82) is 0 Å². The van der Waals surface area contributed by atoms with Crippen LogP contribution in [0.4, 0.5) is 24.0 Å². The highest BCUT2D eigenvalue weighted by molar-refractivity contribution is 6.03. The molecule has 0 radical (unpaired) electrons. The maximum Gasteiger partial charge on any atom is 0.417 e. The number of nitrogens with zero attached hydrogens (tertiary/aromatic N) is 5. The van der Waals surface area contributed by atoms with Crippen LogP contribution in [-0.2, 0) is 73.3 Å². The lowest BCUT2D eigenvalue weighted by Gasteiger charge is -2.20. The van der Waals surface area contributed by atoms with E-state index in [-0.39, 0.29) is 85.5 Å². The van der Waals surface area contributed by atoms with Crippen molar-refractivity contribution >= 4 is 66.1 Å². The van der Waals surface area contributed by atoms with E-state index in [0.717, 1.165) is 47.1 Å². The zero-order chi connectivity index (χ0) is 67.1. The second-order valence-corrected chi connectivity index (χ2v) is 22.3. The van der Waals surface area contributed by atoms with Crippen molar-refractivity contribution < 1.29 is 71.6 Å². The zero-order valence-corrected chi connectivity index (χ0v) is 53.6. The van der Waals surface area contributed by atoms with Crippen LogP contribution >= 0.6 is 0 Å². The average molecular weight is 1270 g/mol. The normalized spacial score (nSPS) is 19.0. The molecule has 0 unspecified atom stereocenters. The van der Waals surface area contributed by atoms with Crippen LogP contribution in [0, 0.1) is 5.92 Å². The van der Waals surface area contributed by atoms with E-state index in [9.17, 15) is 47.9 Å². The largest absolute Gasteiger partial charge is 0.447 e. The summed E-state index contributed by atoms with van der Waals surface area (Å²) in [5.74, 6) is -1.17. The molecule has 5 aliphatic rings. The lowest BCUT2D eigenvalue weighted by molar-refractivity contribution is -0.129. The van der Waals surface area contributed by atoms with Crippen molar-refractivity contribution in [3.8, 4) is 0 Å². The SMILES string of the molecule is C/C=C/C(=O)N1C(=O)OC[C@@H]1C(C)C.CC/C=C/C(=O)N1C(=O)OC[C@@H]1Cc1ccccc1.CC/C=C/C(=O)N1C(=O)OC[C@H]1Cc1ccccc1.CCCC(=O)N1C(=O)OC[C@@H]1Cc1ccccc1.O=C(/C=C/c1ccccc1)N1C(=O)OC[C@@H]1Cc1ccccc1. The number of benzene rings is 5. The fourth-order valence-corrected chi connectivity index (χ4v) is 10.3. The molecule has 490 valence electrons. The number of ether oxygens (including phenoxy) is 5. The van der Waals surface area contributed by atoms with Crippen molar-refractivity contribution in [2.45, 2.75) is 123 Å². The lowest BCUT2D eigenvalue weighted by Crippen LogP contribution is -2.40. The van der Waals surface area contributed by atoms with Crippen LogP contribution in [0.3, 0.4) is 0 Å². The Morgan fingerprint density at radius 2 is 0.710 bits per heavy atom.